The summed E-state index contributed by atoms with van der Waals surface area (Å²) in [6.07, 6.45) is 4.29. The molecule has 1 aliphatic heterocycles. The Morgan fingerprint density at radius 3 is 1.73 bits per heavy atom. The van der Waals surface area contributed by atoms with Crippen molar-refractivity contribution in [3.8, 4) is 0 Å². The minimum absolute atomic E-state index is 0.546. The van der Waals surface area contributed by atoms with Gasteiger partial charge in [0.25, 0.3) is 0 Å². The molecule has 0 bridgehead atoms. The number of benzene rings is 2. The van der Waals surface area contributed by atoms with E-state index in [-0.39, 0.29) is 0 Å². The topological polar surface area (TPSA) is 12.0 Å². The van der Waals surface area contributed by atoms with E-state index in [1.165, 1.54) is 24.0 Å². The van der Waals surface area contributed by atoms with Crippen LogP contribution in [0, 0.1) is 5.92 Å². The van der Waals surface area contributed by atoms with Gasteiger partial charge in [-0.25, -0.2) is 0 Å². The van der Waals surface area contributed by atoms with Gasteiger partial charge in [-0.2, -0.15) is 0 Å². The van der Waals surface area contributed by atoms with Crippen molar-refractivity contribution in [2.45, 2.75) is 25.7 Å². The van der Waals surface area contributed by atoms with E-state index in [0.717, 1.165) is 19.0 Å². The maximum atomic E-state index is 3.47. The van der Waals surface area contributed by atoms with Crippen LogP contribution in [0.25, 0.3) is 0 Å². The molecule has 1 fully saturated rings. The molecule has 1 heterocycles. The molecule has 1 nitrogen and oxygen atoms in total. The van der Waals surface area contributed by atoms with Crippen LogP contribution in [0.4, 0.5) is 0 Å². The summed E-state index contributed by atoms with van der Waals surface area (Å²) in [5, 5.41) is 3.47. The second kappa shape index (κ2) is 9.22. The average Bonchev–Trinajstić information content (AvgIpc) is 2.59. The normalized spacial score (nSPS) is 15.0. The summed E-state index contributed by atoms with van der Waals surface area (Å²) in [4.78, 5) is 0. The zero-order valence-corrected chi connectivity index (χ0v) is 13.5. The molecule has 0 unspecified atom stereocenters. The third kappa shape index (κ3) is 4.57. The molecule has 0 spiro atoms. The Morgan fingerprint density at radius 2 is 1.32 bits per heavy atom. The molecule has 2 aromatic rings. The van der Waals surface area contributed by atoms with Gasteiger partial charge in [0.05, 0.1) is 0 Å². The highest BCUT2D eigenvalue weighted by atomic mass is 14.9. The van der Waals surface area contributed by atoms with Crippen LogP contribution >= 0.6 is 0 Å². The highest BCUT2D eigenvalue weighted by Crippen LogP contribution is 2.36. The molecule has 0 radical (unpaired) electrons. The van der Waals surface area contributed by atoms with Crippen molar-refractivity contribution in [3.63, 3.8) is 0 Å². The molecule has 1 aliphatic rings. The number of hydrogen-bond donors (Lipinski definition) is 1. The molecule has 116 valence electrons. The molecule has 3 rings (SSSR count). The SMILES string of the molecule is C=CC.c1ccc(C(c2ccccc2)C2CCNCC2)cc1. The lowest BCUT2D eigenvalue weighted by Gasteiger charge is -2.31. The second-order valence-corrected chi connectivity index (χ2v) is 5.79. The van der Waals surface area contributed by atoms with Gasteiger partial charge in [0.15, 0.2) is 0 Å². The van der Waals surface area contributed by atoms with Crippen LogP contribution in [0.5, 0.6) is 0 Å². The highest BCUT2D eigenvalue weighted by molar-refractivity contribution is 5.33. The van der Waals surface area contributed by atoms with Gasteiger partial charge < -0.3 is 5.32 Å². The fourth-order valence-corrected chi connectivity index (χ4v) is 3.24. The highest BCUT2D eigenvalue weighted by Gasteiger charge is 2.25. The predicted octanol–water partition coefficient (Wildman–Crippen LogP) is 5.01. The zero-order chi connectivity index (χ0) is 15.6. The minimum Gasteiger partial charge on any atom is -0.317 e. The Labute approximate surface area is 135 Å². The lowest BCUT2D eigenvalue weighted by Crippen LogP contribution is -2.31. The van der Waals surface area contributed by atoms with E-state index in [1.807, 2.05) is 6.92 Å². The molecule has 22 heavy (non-hydrogen) atoms. The summed E-state index contributed by atoms with van der Waals surface area (Å²) >= 11 is 0. The Hall–Kier alpha value is -1.86. The van der Waals surface area contributed by atoms with E-state index in [4.69, 9.17) is 0 Å². The summed E-state index contributed by atoms with van der Waals surface area (Å²) < 4.78 is 0. The first-order valence-electron chi connectivity index (χ1n) is 8.24. The van der Waals surface area contributed by atoms with Crippen LogP contribution in [-0.4, -0.2) is 13.1 Å². The molecule has 0 amide bonds. The van der Waals surface area contributed by atoms with E-state index in [9.17, 15) is 0 Å². The Morgan fingerprint density at radius 1 is 0.909 bits per heavy atom. The largest absolute Gasteiger partial charge is 0.317 e. The second-order valence-electron chi connectivity index (χ2n) is 5.79. The average molecular weight is 293 g/mol. The minimum atomic E-state index is 0.546. The Bertz CT molecular complexity index is 487. The molecule has 1 saturated heterocycles. The fraction of sp³-hybridized carbons (Fsp3) is 0.333. The third-order valence-electron chi connectivity index (χ3n) is 4.17. The van der Waals surface area contributed by atoms with Crippen molar-refractivity contribution in [2.24, 2.45) is 5.92 Å². The van der Waals surface area contributed by atoms with Crippen LogP contribution in [0.15, 0.2) is 73.3 Å². The van der Waals surface area contributed by atoms with E-state index < -0.39 is 0 Å². The number of rotatable bonds is 3. The molecule has 0 aromatic heterocycles. The molecule has 2 aromatic carbocycles. The standard InChI is InChI=1S/C18H21N.C3H6/c1-3-7-15(8-4-1)18(16-9-5-2-6-10-16)17-11-13-19-14-12-17;1-3-2/h1-10,17-19H,11-14H2;3H,1H2,2H3. The maximum Gasteiger partial charge on any atom is 0.0119 e. The summed E-state index contributed by atoms with van der Waals surface area (Å²) in [6, 6.07) is 22.0. The van der Waals surface area contributed by atoms with Crippen LogP contribution in [0.1, 0.15) is 36.8 Å². The third-order valence-corrected chi connectivity index (χ3v) is 4.17. The van der Waals surface area contributed by atoms with Crippen LogP contribution in [0.2, 0.25) is 0 Å². The molecular weight excluding hydrogens is 266 g/mol. The first-order valence-corrected chi connectivity index (χ1v) is 8.24. The Kier molecular flexibility index (Phi) is 6.92. The van der Waals surface area contributed by atoms with E-state index in [0.29, 0.717) is 5.92 Å². The predicted molar refractivity (Wildman–Crippen MR) is 96.2 cm³/mol. The lowest BCUT2D eigenvalue weighted by molar-refractivity contribution is 0.342. The van der Waals surface area contributed by atoms with Gasteiger partial charge in [-0.15, -0.1) is 6.58 Å². The van der Waals surface area contributed by atoms with E-state index in [2.05, 4.69) is 72.6 Å². The maximum absolute atomic E-state index is 3.47. The van der Waals surface area contributed by atoms with Crippen molar-refractivity contribution in [1.82, 2.24) is 5.32 Å². The van der Waals surface area contributed by atoms with Gasteiger partial charge in [-0.05, 0) is 49.9 Å². The van der Waals surface area contributed by atoms with Crippen molar-refractivity contribution >= 4 is 0 Å². The summed E-state index contributed by atoms with van der Waals surface area (Å²) in [5.74, 6) is 1.30. The number of allylic oxidation sites excluding steroid dienone is 1. The monoisotopic (exact) mass is 293 g/mol. The summed E-state index contributed by atoms with van der Waals surface area (Å²) in [5.41, 5.74) is 2.92. The van der Waals surface area contributed by atoms with Crippen LogP contribution in [0.3, 0.4) is 0 Å². The van der Waals surface area contributed by atoms with E-state index in [1.54, 1.807) is 6.08 Å². The van der Waals surface area contributed by atoms with Crippen LogP contribution in [-0.2, 0) is 0 Å². The Balaban J connectivity index is 0.000000545. The molecule has 1 N–H and O–H groups in total. The van der Waals surface area contributed by atoms with Gasteiger partial charge >= 0.3 is 0 Å². The van der Waals surface area contributed by atoms with Gasteiger partial charge in [0, 0.05) is 5.92 Å². The first-order chi connectivity index (χ1) is 10.9. The molecular formula is C21H27N. The smallest absolute Gasteiger partial charge is 0.0119 e. The first kappa shape index (κ1) is 16.5. The van der Waals surface area contributed by atoms with Gasteiger partial charge in [-0.3, -0.25) is 0 Å². The molecule has 0 saturated carbocycles. The van der Waals surface area contributed by atoms with Crippen molar-refractivity contribution in [1.29, 1.82) is 0 Å². The van der Waals surface area contributed by atoms with Crippen molar-refractivity contribution < 1.29 is 0 Å². The fourth-order valence-electron chi connectivity index (χ4n) is 3.24. The summed E-state index contributed by atoms with van der Waals surface area (Å²) in [6.45, 7) is 7.56. The van der Waals surface area contributed by atoms with Gasteiger partial charge in [0.2, 0.25) is 0 Å². The lowest BCUT2D eigenvalue weighted by atomic mass is 9.76. The number of nitrogens with one attached hydrogen (secondary N) is 1. The zero-order valence-electron chi connectivity index (χ0n) is 13.5. The van der Waals surface area contributed by atoms with Crippen LogP contribution < -0.4 is 5.32 Å². The number of hydrogen-bond acceptors (Lipinski definition) is 1. The molecule has 0 atom stereocenters. The summed E-state index contributed by atoms with van der Waals surface area (Å²) in [7, 11) is 0. The van der Waals surface area contributed by atoms with E-state index >= 15 is 0 Å². The number of piperidine rings is 1. The van der Waals surface area contributed by atoms with Gasteiger partial charge in [0.1, 0.15) is 0 Å². The van der Waals surface area contributed by atoms with Gasteiger partial charge in [-0.1, -0.05) is 66.7 Å². The van der Waals surface area contributed by atoms with Crippen molar-refractivity contribution in [2.75, 3.05) is 13.1 Å². The molecule has 0 aliphatic carbocycles. The quantitative estimate of drug-likeness (QED) is 0.784. The molecule has 1 heteroatoms. The van der Waals surface area contributed by atoms with Crippen molar-refractivity contribution in [3.05, 3.63) is 84.4 Å².